The summed E-state index contributed by atoms with van der Waals surface area (Å²) in [7, 11) is 0. The molecule has 4 N–H and O–H groups in total. The summed E-state index contributed by atoms with van der Waals surface area (Å²) >= 11 is 0. The Balaban J connectivity index is 0.00000361. The van der Waals surface area contributed by atoms with Crippen LogP contribution in [0.15, 0.2) is 4.99 Å². The van der Waals surface area contributed by atoms with Gasteiger partial charge in [0.15, 0.2) is 5.96 Å². The van der Waals surface area contributed by atoms with Gasteiger partial charge in [-0.2, -0.15) is 0 Å². The molecule has 0 aliphatic heterocycles. The molecule has 0 unspecified atom stereocenters. The molecule has 6 heteroatoms. The summed E-state index contributed by atoms with van der Waals surface area (Å²) in [6.07, 6.45) is 8.90. The van der Waals surface area contributed by atoms with Crippen LogP contribution in [-0.4, -0.2) is 31.0 Å². The van der Waals surface area contributed by atoms with Gasteiger partial charge >= 0.3 is 0 Å². The molecular formula is C14H29IN4O. The maximum atomic E-state index is 11.4. The van der Waals surface area contributed by atoms with Crippen LogP contribution < -0.4 is 16.4 Å². The summed E-state index contributed by atoms with van der Waals surface area (Å²) < 4.78 is 0. The number of hydrogen-bond acceptors (Lipinski definition) is 2. The van der Waals surface area contributed by atoms with Crippen molar-refractivity contribution in [2.45, 2.75) is 64.3 Å². The Morgan fingerprint density at radius 2 is 1.90 bits per heavy atom. The third kappa shape index (κ3) is 9.39. The molecule has 0 saturated heterocycles. The average Bonchev–Trinajstić information content (AvgIpc) is 2.65. The molecule has 0 atom stereocenters. The van der Waals surface area contributed by atoms with Gasteiger partial charge in [-0.25, -0.2) is 0 Å². The molecule has 1 amide bonds. The average molecular weight is 396 g/mol. The highest BCUT2D eigenvalue weighted by atomic mass is 127. The molecule has 1 aliphatic rings. The van der Waals surface area contributed by atoms with Crippen LogP contribution in [0.2, 0.25) is 0 Å². The highest BCUT2D eigenvalue weighted by molar-refractivity contribution is 14.0. The van der Waals surface area contributed by atoms with E-state index in [0.717, 1.165) is 13.0 Å². The first-order chi connectivity index (χ1) is 9.22. The Labute approximate surface area is 139 Å². The molecule has 1 aliphatic carbocycles. The number of guanidine groups is 1. The summed E-state index contributed by atoms with van der Waals surface area (Å²) in [4.78, 5) is 15.6. The molecule has 0 spiro atoms. The summed E-state index contributed by atoms with van der Waals surface area (Å²) in [6.45, 7) is 3.23. The van der Waals surface area contributed by atoms with Crippen molar-refractivity contribution in [2.75, 3.05) is 13.1 Å². The molecular weight excluding hydrogens is 367 g/mol. The van der Waals surface area contributed by atoms with Crippen LogP contribution in [0.3, 0.4) is 0 Å². The Morgan fingerprint density at radius 1 is 1.25 bits per heavy atom. The number of nitrogens with two attached hydrogens (primary N) is 1. The second-order valence-electron chi connectivity index (χ2n) is 5.20. The number of aliphatic imine (C=N–C) groups is 1. The van der Waals surface area contributed by atoms with E-state index in [0.29, 0.717) is 25.0 Å². The van der Waals surface area contributed by atoms with Crippen LogP contribution in [0.1, 0.15) is 58.3 Å². The van der Waals surface area contributed by atoms with E-state index in [1.54, 1.807) is 0 Å². The second-order valence-corrected chi connectivity index (χ2v) is 5.20. The van der Waals surface area contributed by atoms with Gasteiger partial charge in [-0.05, 0) is 19.3 Å². The van der Waals surface area contributed by atoms with Crippen LogP contribution in [0.5, 0.6) is 0 Å². The standard InChI is InChI=1S/C14H28N4O.HI/c1-2-10-16-13(19)9-11-17-14(15)18-12-7-5-3-4-6-8-12;/h12H,2-11H2,1H3,(H,16,19)(H3,15,17,18);1H. The monoisotopic (exact) mass is 396 g/mol. The first-order valence-corrected chi connectivity index (χ1v) is 7.55. The quantitative estimate of drug-likeness (QED) is 0.279. The van der Waals surface area contributed by atoms with Gasteiger partial charge in [-0.15, -0.1) is 24.0 Å². The van der Waals surface area contributed by atoms with E-state index < -0.39 is 0 Å². The van der Waals surface area contributed by atoms with E-state index in [-0.39, 0.29) is 29.9 Å². The summed E-state index contributed by atoms with van der Waals surface area (Å²) in [6, 6.07) is 0.458. The molecule has 20 heavy (non-hydrogen) atoms. The SMILES string of the molecule is CCCNC(=O)CCN=C(N)NC1CCCCCC1.I. The van der Waals surface area contributed by atoms with Crippen molar-refractivity contribution in [3.05, 3.63) is 0 Å². The van der Waals surface area contributed by atoms with Crippen molar-refractivity contribution in [1.82, 2.24) is 10.6 Å². The second kappa shape index (κ2) is 12.2. The topological polar surface area (TPSA) is 79.5 Å². The highest BCUT2D eigenvalue weighted by Gasteiger charge is 2.12. The summed E-state index contributed by atoms with van der Waals surface area (Å²) in [5.41, 5.74) is 5.85. The number of carbonyl (C=O) groups is 1. The number of hydrogen-bond donors (Lipinski definition) is 3. The zero-order chi connectivity index (χ0) is 13.9. The number of halogens is 1. The van der Waals surface area contributed by atoms with Crippen LogP contribution in [-0.2, 0) is 4.79 Å². The molecule has 1 fully saturated rings. The third-order valence-electron chi connectivity index (χ3n) is 3.40. The molecule has 0 heterocycles. The van der Waals surface area contributed by atoms with Crippen molar-refractivity contribution in [2.24, 2.45) is 10.7 Å². The molecule has 1 saturated carbocycles. The molecule has 0 aromatic heterocycles. The summed E-state index contributed by atoms with van der Waals surface area (Å²) in [5.74, 6) is 0.531. The van der Waals surface area contributed by atoms with Gasteiger partial charge in [0, 0.05) is 19.0 Å². The molecule has 118 valence electrons. The normalized spacial score (nSPS) is 16.9. The zero-order valence-corrected chi connectivity index (χ0v) is 14.8. The van der Waals surface area contributed by atoms with Crippen molar-refractivity contribution in [3.63, 3.8) is 0 Å². The molecule has 5 nitrogen and oxygen atoms in total. The molecule has 0 radical (unpaired) electrons. The Hall–Kier alpha value is -0.530. The minimum Gasteiger partial charge on any atom is -0.370 e. The van der Waals surface area contributed by atoms with Crippen molar-refractivity contribution >= 4 is 35.8 Å². The molecule has 0 aromatic carbocycles. The van der Waals surface area contributed by atoms with Gasteiger partial charge in [0.25, 0.3) is 0 Å². The lowest BCUT2D eigenvalue weighted by Gasteiger charge is -2.16. The number of amides is 1. The number of rotatable bonds is 6. The predicted molar refractivity (Wildman–Crippen MR) is 94.4 cm³/mol. The maximum Gasteiger partial charge on any atom is 0.221 e. The van der Waals surface area contributed by atoms with Crippen LogP contribution in [0, 0.1) is 0 Å². The van der Waals surface area contributed by atoms with E-state index >= 15 is 0 Å². The van der Waals surface area contributed by atoms with Crippen LogP contribution in [0.25, 0.3) is 0 Å². The third-order valence-corrected chi connectivity index (χ3v) is 3.40. The van der Waals surface area contributed by atoms with Crippen LogP contribution in [0.4, 0.5) is 0 Å². The van der Waals surface area contributed by atoms with E-state index in [9.17, 15) is 4.79 Å². The van der Waals surface area contributed by atoms with Crippen LogP contribution >= 0.6 is 24.0 Å². The lowest BCUT2D eigenvalue weighted by Crippen LogP contribution is -2.40. The lowest BCUT2D eigenvalue weighted by molar-refractivity contribution is -0.120. The number of nitrogens with one attached hydrogen (secondary N) is 2. The Morgan fingerprint density at radius 3 is 2.50 bits per heavy atom. The van der Waals surface area contributed by atoms with Crippen molar-refractivity contribution < 1.29 is 4.79 Å². The fraction of sp³-hybridized carbons (Fsp3) is 0.857. The largest absolute Gasteiger partial charge is 0.370 e. The van der Waals surface area contributed by atoms with Crippen molar-refractivity contribution in [3.8, 4) is 0 Å². The van der Waals surface area contributed by atoms with Gasteiger partial charge in [0.05, 0.1) is 6.54 Å². The fourth-order valence-corrected chi connectivity index (χ4v) is 2.31. The van der Waals surface area contributed by atoms with Gasteiger partial charge in [-0.1, -0.05) is 32.6 Å². The number of carbonyl (C=O) groups excluding carboxylic acids is 1. The van der Waals surface area contributed by atoms with E-state index in [1.807, 2.05) is 6.92 Å². The van der Waals surface area contributed by atoms with Gasteiger partial charge in [0.1, 0.15) is 0 Å². The first kappa shape index (κ1) is 19.5. The van der Waals surface area contributed by atoms with Gasteiger partial charge < -0.3 is 16.4 Å². The Kier molecular flexibility index (Phi) is 11.9. The van der Waals surface area contributed by atoms with Gasteiger partial charge in [0.2, 0.25) is 5.91 Å². The number of nitrogens with zero attached hydrogens (tertiary/aromatic N) is 1. The van der Waals surface area contributed by atoms with E-state index in [1.165, 1.54) is 38.5 Å². The lowest BCUT2D eigenvalue weighted by atomic mass is 10.1. The van der Waals surface area contributed by atoms with Crippen molar-refractivity contribution in [1.29, 1.82) is 0 Å². The molecule has 0 aromatic rings. The molecule has 0 bridgehead atoms. The minimum atomic E-state index is 0. The Bertz CT molecular complexity index is 289. The van der Waals surface area contributed by atoms with E-state index in [2.05, 4.69) is 15.6 Å². The smallest absolute Gasteiger partial charge is 0.221 e. The predicted octanol–water partition coefficient (Wildman–Crippen LogP) is 2.15. The first-order valence-electron chi connectivity index (χ1n) is 7.55. The minimum absolute atomic E-state index is 0. The molecule has 1 rings (SSSR count). The van der Waals surface area contributed by atoms with Gasteiger partial charge in [-0.3, -0.25) is 9.79 Å². The highest BCUT2D eigenvalue weighted by Crippen LogP contribution is 2.16. The van der Waals surface area contributed by atoms with E-state index in [4.69, 9.17) is 5.73 Å². The summed E-state index contributed by atoms with van der Waals surface area (Å²) in [5, 5.41) is 6.10. The maximum absolute atomic E-state index is 11.4. The fourth-order valence-electron chi connectivity index (χ4n) is 2.31. The zero-order valence-electron chi connectivity index (χ0n) is 12.5.